The van der Waals surface area contributed by atoms with Crippen LogP contribution in [0.25, 0.3) is 0 Å². The Balaban J connectivity index is 2.30. The second kappa shape index (κ2) is 9.41. The second-order valence-corrected chi connectivity index (χ2v) is 10.7. The molecular formula is C21H35NO6S. The van der Waals surface area contributed by atoms with Crippen LogP contribution in [-0.4, -0.2) is 74.3 Å². The van der Waals surface area contributed by atoms with Gasteiger partial charge < -0.3 is 35.2 Å². The third-order valence-corrected chi connectivity index (χ3v) is 6.08. The van der Waals surface area contributed by atoms with E-state index in [2.05, 4.69) is 25.4 Å². The van der Waals surface area contributed by atoms with Crippen LogP contribution in [-0.2, 0) is 11.2 Å². The summed E-state index contributed by atoms with van der Waals surface area (Å²) in [6.45, 7) is 9.97. The maximum absolute atomic E-state index is 10.3. The number of nitrogens with one attached hydrogen (secondary N) is 1. The second-order valence-electron chi connectivity index (χ2n) is 9.16. The maximum atomic E-state index is 10.3. The molecule has 8 heteroatoms. The first-order valence-electron chi connectivity index (χ1n) is 9.80. The molecule has 5 unspecified atom stereocenters. The van der Waals surface area contributed by atoms with Crippen molar-refractivity contribution in [3.05, 3.63) is 23.8 Å². The van der Waals surface area contributed by atoms with Crippen molar-refractivity contribution in [3.63, 3.8) is 0 Å². The summed E-state index contributed by atoms with van der Waals surface area (Å²) in [5.41, 5.74) is 1.64. The molecule has 1 saturated heterocycles. The monoisotopic (exact) mass is 429 g/mol. The molecule has 0 aromatic heterocycles. The highest BCUT2D eigenvalue weighted by Crippen LogP contribution is 2.34. The lowest BCUT2D eigenvalue weighted by Crippen LogP contribution is -2.60. The molecule has 1 aliphatic heterocycles. The SMILES string of the molecule is CSC(C)(C)Cc1ccc(OC2OC(CO)C(O)C(O)C2O)c(NC(C)(C)C)c1. The van der Waals surface area contributed by atoms with E-state index in [1.165, 1.54) is 0 Å². The smallest absolute Gasteiger partial charge is 0.229 e. The fraction of sp³-hybridized carbons (Fsp3) is 0.714. The molecule has 5 N–H and O–H groups in total. The number of thioether (sulfide) groups is 1. The Kier molecular flexibility index (Phi) is 7.86. The van der Waals surface area contributed by atoms with Gasteiger partial charge >= 0.3 is 0 Å². The molecule has 7 nitrogen and oxygen atoms in total. The Bertz CT molecular complexity index is 676. The predicted molar refractivity (Wildman–Crippen MR) is 116 cm³/mol. The van der Waals surface area contributed by atoms with Crippen LogP contribution >= 0.6 is 11.8 Å². The minimum atomic E-state index is -1.48. The summed E-state index contributed by atoms with van der Waals surface area (Å²) in [6.07, 6.45) is -3.63. The molecule has 1 aromatic rings. The van der Waals surface area contributed by atoms with Crippen molar-refractivity contribution < 1.29 is 29.9 Å². The number of aliphatic hydroxyl groups excluding tert-OH is 4. The molecule has 29 heavy (non-hydrogen) atoms. The standard InChI is InChI=1S/C21H35NO6S/c1-20(2,3)22-13-9-12(10-21(4,5)29-6)7-8-14(13)27-19-18(26)17(25)16(24)15(11-23)28-19/h7-9,15-19,22-26H,10-11H2,1-6H3. The fourth-order valence-corrected chi connectivity index (χ4v) is 3.46. The maximum Gasteiger partial charge on any atom is 0.229 e. The highest BCUT2D eigenvalue weighted by atomic mass is 32.2. The number of aliphatic hydroxyl groups is 4. The van der Waals surface area contributed by atoms with Crippen molar-refractivity contribution in [2.75, 3.05) is 18.2 Å². The number of anilines is 1. The number of hydrogen-bond donors (Lipinski definition) is 5. The van der Waals surface area contributed by atoms with Gasteiger partial charge in [-0.3, -0.25) is 0 Å². The normalized spacial score (nSPS) is 28.3. The van der Waals surface area contributed by atoms with Crippen LogP contribution in [0.15, 0.2) is 18.2 Å². The lowest BCUT2D eigenvalue weighted by atomic mass is 9.99. The summed E-state index contributed by atoms with van der Waals surface area (Å²) in [5, 5.41) is 43.0. The van der Waals surface area contributed by atoms with Crippen molar-refractivity contribution in [2.45, 2.75) is 82.0 Å². The van der Waals surface area contributed by atoms with Gasteiger partial charge in [-0.05, 0) is 51.1 Å². The van der Waals surface area contributed by atoms with E-state index in [1.54, 1.807) is 17.8 Å². The Morgan fingerprint density at radius 2 is 1.72 bits per heavy atom. The van der Waals surface area contributed by atoms with E-state index < -0.39 is 37.3 Å². The van der Waals surface area contributed by atoms with Crippen molar-refractivity contribution in [2.24, 2.45) is 0 Å². The van der Waals surface area contributed by atoms with Crippen LogP contribution in [0.3, 0.4) is 0 Å². The van der Waals surface area contributed by atoms with Crippen LogP contribution in [0.1, 0.15) is 40.2 Å². The van der Waals surface area contributed by atoms with Gasteiger partial charge in [0.2, 0.25) is 6.29 Å². The molecule has 0 spiro atoms. The van der Waals surface area contributed by atoms with E-state index in [0.29, 0.717) is 5.75 Å². The van der Waals surface area contributed by atoms with Crippen LogP contribution in [0.5, 0.6) is 5.75 Å². The van der Waals surface area contributed by atoms with Gasteiger partial charge in [-0.2, -0.15) is 11.8 Å². The van der Waals surface area contributed by atoms with Crippen molar-refractivity contribution in [1.29, 1.82) is 0 Å². The first kappa shape index (κ1) is 24.2. The van der Waals surface area contributed by atoms with Crippen molar-refractivity contribution >= 4 is 17.4 Å². The molecule has 0 radical (unpaired) electrons. The fourth-order valence-electron chi connectivity index (χ4n) is 3.15. The first-order valence-corrected chi connectivity index (χ1v) is 11.0. The van der Waals surface area contributed by atoms with Gasteiger partial charge in [0.25, 0.3) is 0 Å². The molecular weight excluding hydrogens is 394 g/mol. The molecule has 2 rings (SSSR count). The quantitative estimate of drug-likeness (QED) is 0.446. The third kappa shape index (κ3) is 6.47. The molecule has 5 atom stereocenters. The van der Waals surface area contributed by atoms with Crippen molar-refractivity contribution in [3.8, 4) is 5.75 Å². The molecule has 1 heterocycles. The van der Waals surface area contributed by atoms with Crippen LogP contribution in [0, 0.1) is 0 Å². The van der Waals surface area contributed by atoms with Gasteiger partial charge in [-0.15, -0.1) is 0 Å². The molecule has 1 aliphatic rings. The Morgan fingerprint density at radius 3 is 2.28 bits per heavy atom. The minimum absolute atomic E-state index is 0.0820. The topological polar surface area (TPSA) is 111 Å². The van der Waals surface area contributed by atoms with Gasteiger partial charge in [-0.25, -0.2) is 0 Å². The molecule has 0 amide bonds. The van der Waals surface area contributed by atoms with Gasteiger partial charge in [0.05, 0.1) is 12.3 Å². The largest absolute Gasteiger partial charge is 0.460 e. The summed E-state index contributed by atoms with van der Waals surface area (Å²) in [7, 11) is 0. The van der Waals surface area contributed by atoms with Crippen molar-refractivity contribution in [1.82, 2.24) is 0 Å². The Labute approximate surface area is 177 Å². The van der Waals surface area contributed by atoms with Crippen LogP contribution in [0.2, 0.25) is 0 Å². The number of benzene rings is 1. The molecule has 1 fully saturated rings. The lowest BCUT2D eigenvalue weighted by molar-refractivity contribution is -0.277. The highest BCUT2D eigenvalue weighted by molar-refractivity contribution is 7.99. The van der Waals surface area contributed by atoms with Gasteiger partial charge in [0.1, 0.15) is 30.2 Å². The number of hydrogen-bond acceptors (Lipinski definition) is 8. The average molecular weight is 430 g/mol. The molecule has 0 aliphatic carbocycles. The average Bonchev–Trinajstić information content (AvgIpc) is 2.62. The van der Waals surface area contributed by atoms with Gasteiger partial charge in [-0.1, -0.05) is 19.9 Å². The van der Waals surface area contributed by atoms with Gasteiger partial charge in [0, 0.05) is 10.3 Å². The highest BCUT2D eigenvalue weighted by Gasteiger charge is 2.45. The van der Waals surface area contributed by atoms with E-state index in [-0.39, 0.29) is 10.3 Å². The van der Waals surface area contributed by atoms with Gasteiger partial charge in [0.15, 0.2) is 0 Å². The Hall–Kier alpha value is -1.03. The molecule has 0 bridgehead atoms. The van der Waals surface area contributed by atoms with Crippen LogP contribution in [0.4, 0.5) is 5.69 Å². The zero-order chi connectivity index (χ0) is 22.0. The third-order valence-electron chi connectivity index (χ3n) is 4.83. The van der Waals surface area contributed by atoms with E-state index in [0.717, 1.165) is 17.7 Å². The van der Waals surface area contributed by atoms with E-state index in [1.807, 2.05) is 32.9 Å². The van der Waals surface area contributed by atoms with E-state index >= 15 is 0 Å². The van der Waals surface area contributed by atoms with E-state index in [9.17, 15) is 20.4 Å². The Morgan fingerprint density at radius 1 is 1.07 bits per heavy atom. The zero-order valence-electron chi connectivity index (χ0n) is 18.0. The van der Waals surface area contributed by atoms with Crippen LogP contribution < -0.4 is 10.1 Å². The predicted octanol–water partition coefficient (Wildman–Crippen LogP) is 1.76. The summed E-state index contributed by atoms with van der Waals surface area (Å²) in [4.78, 5) is 0. The number of rotatable bonds is 7. The van der Waals surface area contributed by atoms with E-state index in [4.69, 9.17) is 9.47 Å². The number of ether oxygens (including phenoxy) is 2. The summed E-state index contributed by atoms with van der Waals surface area (Å²) in [5.74, 6) is 0.454. The zero-order valence-corrected chi connectivity index (χ0v) is 18.9. The summed E-state index contributed by atoms with van der Waals surface area (Å²) < 4.78 is 11.5. The first-order chi connectivity index (χ1) is 13.4. The molecule has 1 aromatic carbocycles. The summed E-state index contributed by atoms with van der Waals surface area (Å²) >= 11 is 1.80. The molecule has 0 saturated carbocycles. The lowest BCUT2D eigenvalue weighted by Gasteiger charge is -2.40. The molecule has 166 valence electrons. The minimum Gasteiger partial charge on any atom is -0.460 e. The summed E-state index contributed by atoms with van der Waals surface area (Å²) in [6, 6.07) is 5.79.